The molecule has 0 bridgehead atoms. The number of aromatic nitrogens is 2. The fourth-order valence-electron chi connectivity index (χ4n) is 2.71. The van der Waals surface area contributed by atoms with E-state index < -0.39 is 0 Å². The lowest BCUT2D eigenvalue weighted by Crippen LogP contribution is -2.25. The van der Waals surface area contributed by atoms with E-state index in [1.807, 2.05) is 13.0 Å². The van der Waals surface area contributed by atoms with Crippen LogP contribution in [0.1, 0.15) is 31.5 Å². The number of aryl methyl sites for hydroxylation is 1. The molecule has 5 heteroatoms. The summed E-state index contributed by atoms with van der Waals surface area (Å²) < 4.78 is 0. The van der Waals surface area contributed by atoms with E-state index in [4.69, 9.17) is 5.73 Å². The van der Waals surface area contributed by atoms with Crippen LogP contribution >= 0.6 is 0 Å². The van der Waals surface area contributed by atoms with Gasteiger partial charge < -0.3 is 16.0 Å². The minimum atomic E-state index is 0.607. The summed E-state index contributed by atoms with van der Waals surface area (Å²) in [5.74, 6) is 3.49. The molecule has 1 heterocycles. The first-order valence-corrected chi connectivity index (χ1v) is 7.20. The molecule has 0 spiro atoms. The van der Waals surface area contributed by atoms with Crippen molar-refractivity contribution in [1.29, 1.82) is 0 Å². The van der Waals surface area contributed by atoms with E-state index in [0.29, 0.717) is 6.54 Å². The van der Waals surface area contributed by atoms with Crippen molar-refractivity contribution < 1.29 is 0 Å². The summed E-state index contributed by atoms with van der Waals surface area (Å²) in [6.45, 7) is 4.37. The highest BCUT2D eigenvalue weighted by Gasteiger charge is 2.18. The number of nitrogens with two attached hydrogens (primary N) is 1. The van der Waals surface area contributed by atoms with Crippen LogP contribution in [0.4, 0.5) is 11.6 Å². The number of nitrogens with zero attached hydrogens (tertiary/aromatic N) is 3. The van der Waals surface area contributed by atoms with Gasteiger partial charge in [0.2, 0.25) is 0 Å². The van der Waals surface area contributed by atoms with E-state index in [1.165, 1.54) is 25.7 Å². The Hall–Kier alpha value is -1.36. The maximum absolute atomic E-state index is 5.50. The topological polar surface area (TPSA) is 67.1 Å². The summed E-state index contributed by atoms with van der Waals surface area (Å²) >= 11 is 0. The molecule has 1 saturated carbocycles. The average molecular weight is 263 g/mol. The largest absolute Gasteiger partial charge is 0.369 e. The number of hydrogen-bond acceptors (Lipinski definition) is 5. The van der Waals surface area contributed by atoms with Crippen LogP contribution in [-0.4, -0.2) is 36.6 Å². The van der Waals surface area contributed by atoms with E-state index in [0.717, 1.165) is 36.5 Å². The molecule has 0 aromatic carbocycles. The molecule has 0 atom stereocenters. The van der Waals surface area contributed by atoms with E-state index in [9.17, 15) is 0 Å². The lowest BCUT2D eigenvalue weighted by atomic mass is 10.1. The third-order valence-electron chi connectivity index (χ3n) is 3.67. The van der Waals surface area contributed by atoms with Crippen LogP contribution in [0.15, 0.2) is 6.07 Å². The van der Waals surface area contributed by atoms with Crippen molar-refractivity contribution in [1.82, 2.24) is 9.97 Å². The quantitative estimate of drug-likeness (QED) is 0.819. The molecule has 3 N–H and O–H groups in total. The molecular formula is C14H25N5. The second-order valence-corrected chi connectivity index (χ2v) is 5.41. The molecule has 1 aromatic heterocycles. The highest BCUT2D eigenvalue weighted by molar-refractivity contribution is 5.49. The summed E-state index contributed by atoms with van der Waals surface area (Å²) in [5, 5.41) is 3.22. The molecule has 1 fully saturated rings. The number of anilines is 2. The van der Waals surface area contributed by atoms with Crippen LogP contribution in [0.25, 0.3) is 0 Å². The Morgan fingerprint density at radius 1 is 1.37 bits per heavy atom. The first-order valence-electron chi connectivity index (χ1n) is 7.20. The Labute approximate surface area is 115 Å². The average Bonchev–Trinajstić information content (AvgIpc) is 2.88. The first kappa shape index (κ1) is 14.1. The molecule has 0 amide bonds. The molecule has 1 aliphatic rings. The predicted molar refractivity (Wildman–Crippen MR) is 79.5 cm³/mol. The standard InChI is InChI=1S/C14H25N5/c1-11-17-13(16-8-7-15)9-14(18-11)19(2)10-12-5-3-4-6-12/h9,12H,3-8,10,15H2,1-2H3,(H,16,17,18). The van der Waals surface area contributed by atoms with Gasteiger partial charge in [-0.2, -0.15) is 0 Å². The zero-order valence-electron chi connectivity index (χ0n) is 12.0. The van der Waals surface area contributed by atoms with Crippen LogP contribution in [0.3, 0.4) is 0 Å². The van der Waals surface area contributed by atoms with Gasteiger partial charge in [-0.05, 0) is 25.7 Å². The Morgan fingerprint density at radius 2 is 2.11 bits per heavy atom. The fourth-order valence-corrected chi connectivity index (χ4v) is 2.71. The summed E-state index contributed by atoms with van der Waals surface area (Å²) in [7, 11) is 2.12. The molecule has 1 aromatic rings. The molecule has 19 heavy (non-hydrogen) atoms. The van der Waals surface area contributed by atoms with Gasteiger partial charge in [-0.25, -0.2) is 9.97 Å². The Balaban J connectivity index is 2.02. The van der Waals surface area contributed by atoms with Crippen molar-refractivity contribution in [2.75, 3.05) is 36.9 Å². The Kier molecular flexibility index (Phi) is 4.96. The van der Waals surface area contributed by atoms with Crippen molar-refractivity contribution in [3.8, 4) is 0 Å². The molecule has 106 valence electrons. The monoisotopic (exact) mass is 263 g/mol. The maximum atomic E-state index is 5.50. The van der Waals surface area contributed by atoms with Gasteiger partial charge in [-0.15, -0.1) is 0 Å². The van der Waals surface area contributed by atoms with Gasteiger partial charge in [-0.3, -0.25) is 0 Å². The highest BCUT2D eigenvalue weighted by Crippen LogP contribution is 2.26. The number of nitrogens with one attached hydrogen (secondary N) is 1. The van der Waals surface area contributed by atoms with Gasteiger partial charge in [0, 0.05) is 32.7 Å². The third-order valence-corrected chi connectivity index (χ3v) is 3.67. The summed E-state index contributed by atoms with van der Waals surface area (Å²) in [5.41, 5.74) is 5.50. The first-order chi connectivity index (χ1) is 9.19. The van der Waals surface area contributed by atoms with E-state index in [-0.39, 0.29) is 0 Å². The van der Waals surface area contributed by atoms with Gasteiger partial charge >= 0.3 is 0 Å². The molecular weight excluding hydrogens is 238 g/mol. The predicted octanol–water partition coefficient (Wildman–Crippen LogP) is 1.78. The van der Waals surface area contributed by atoms with Crippen molar-refractivity contribution in [2.24, 2.45) is 11.7 Å². The van der Waals surface area contributed by atoms with E-state index in [1.54, 1.807) is 0 Å². The van der Waals surface area contributed by atoms with Crippen molar-refractivity contribution in [3.63, 3.8) is 0 Å². The van der Waals surface area contributed by atoms with Crippen LogP contribution in [0.2, 0.25) is 0 Å². The van der Waals surface area contributed by atoms with E-state index >= 15 is 0 Å². The minimum Gasteiger partial charge on any atom is -0.369 e. The van der Waals surface area contributed by atoms with Crippen LogP contribution in [0, 0.1) is 12.8 Å². The van der Waals surface area contributed by atoms with Gasteiger partial charge in [0.15, 0.2) is 0 Å². The molecule has 2 rings (SSSR count). The summed E-state index contributed by atoms with van der Waals surface area (Å²) in [6.07, 6.45) is 5.47. The molecule has 0 unspecified atom stereocenters. The molecule has 0 saturated heterocycles. The molecule has 0 aliphatic heterocycles. The highest BCUT2D eigenvalue weighted by atomic mass is 15.2. The van der Waals surface area contributed by atoms with Crippen molar-refractivity contribution in [2.45, 2.75) is 32.6 Å². The summed E-state index contributed by atoms with van der Waals surface area (Å²) in [6, 6.07) is 2.01. The zero-order valence-corrected chi connectivity index (χ0v) is 12.0. The Bertz CT molecular complexity index is 401. The molecule has 5 nitrogen and oxygen atoms in total. The molecule has 0 radical (unpaired) electrons. The van der Waals surface area contributed by atoms with Gasteiger partial charge in [0.25, 0.3) is 0 Å². The maximum Gasteiger partial charge on any atom is 0.134 e. The lowest BCUT2D eigenvalue weighted by molar-refractivity contribution is 0.544. The van der Waals surface area contributed by atoms with Gasteiger partial charge in [-0.1, -0.05) is 12.8 Å². The second-order valence-electron chi connectivity index (χ2n) is 5.41. The van der Waals surface area contributed by atoms with E-state index in [2.05, 4.69) is 27.2 Å². The lowest BCUT2D eigenvalue weighted by Gasteiger charge is -2.22. The number of rotatable bonds is 6. The third kappa shape index (κ3) is 4.06. The molecule has 1 aliphatic carbocycles. The fraction of sp³-hybridized carbons (Fsp3) is 0.714. The SMILES string of the molecule is Cc1nc(NCCN)cc(N(C)CC2CCCC2)n1. The van der Waals surface area contributed by atoms with Crippen molar-refractivity contribution in [3.05, 3.63) is 11.9 Å². The number of hydrogen-bond donors (Lipinski definition) is 2. The van der Waals surface area contributed by atoms with Crippen molar-refractivity contribution >= 4 is 11.6 Å². The Morgan fingerprint density at radius 3 is 2.79 bits per heavy atom. The zero-order chi connectivity index (χ0) is 13.7. The summed E-state index contributed by atoms with van der Waals surface area (Å²) in [4.78, 5) is 11.2. The normalized spacial score (nSPS) is 15.7. The smallest absolute Gasteiger partial charge is 0.134 e. The minimum absolute atomic E-state index is 0.607. The van der Waals surface area contributed by atoms with Crippen LogP contribution in [0.5, 0.6) is 0 Å². The van der Waals surface area contributed by atoms with Crippen LogP contribution in [-0.2, 0) is 0 Å². The second kappa shape index (κ2) is 6.70. The van der Waals surface area contributed by atoms with Gasteiger partial charge in [0.05, 0.1) is 0 Å². The van der Waals surface area contributed by atoms with Gasteiger partial charge in [0.1, 0.15) is 17.5 Å². The van der Waals surface area contributed by atoms with Crippen LogP contribution < -0.4 is 16.0 Å².